The lowest BCUT2D eigenvalue weighted by atomic mass is 10.2. The number of hydrogen-bond acceptors (Lipinski definition) is 5. The van der Waals surface area contributed by atoms with Crippen LogP contribution in [-0.4, -0.2) is 25.1 Å². The van der Waals surface area contributed by atoms with E-state index in [-0.39, 0.29) is 16.0 Å². The molecule has 4 rings (SSSR count). The van der Waals surface area contributed by atoms with Crippen molar-refractivity contribution in [3.63, 3.8) is 0 Å². The van der Waals surface area contributed by atoms with E-state index in [1.54, 1.807) is 25.3 Å². The van der Waals surface area contributed by atoms with Crippen LogP contribution in [0.15, 0.2) is 59.0 Å². The fourth-order valence-corrected chi connectivity index (χ4v) is 3.59. The number of amides is 1. The molecule has 6 nitrogen and oxygen atoms in total. The summed E-state index contributed by atoms with van der Waals surface area (Å²) >= 11 is 12.2. The Morgan fingerprint density at radius 1 is 0.967 bits per heavy atom. The number of nitrogens with one attached hydrogen (secondary N) is 1. The molecule has 0 fully saturated rings. The van der Waals surface area contributed by atoms with Gasteiger partial charge in [0.05, 0.1) is 24.3 Å². The second kappa shape index (κ2) is 8.26. The highest BCUT2D eigenvalue weighted by Crippen LogP contribution is 2.34. The van der Waals surface area contributed by atoms with E-state index >= 15 is 0 Å². The summed E-state index contributed by atoms with van der Waals surface area (Å²) in [4.78, 5) is 17.1. The maximum Gasteiger partial charge on any atom is 0.255 e. The van der Waals surface area contributed by atoms with Crippen molar-refractivity contribution in [1.82, 2.24) is 4.98 Å². The van der Waals surface area contributed by atoms with Crippen molar-refractivity contribution >= 4 is 45.9 Å². The minimum Gasteiger partial charge on any atom is -0.497 e. The molecule has 3 aromatic carbocycles. The first-order valence-corrected chi connectivity index (χ1v) is 9.63. The van der Waals surface area contributed by atoms with Gasteiger partial charge in [0.2, 0.25) is 5.89 Å². The smallest absolute Gasteiger partial charge is 0.255 e. The van der Waals surface area contributed by atoms with Crippen LogP contribution >= 0.6 is 23.2 Å². The minimum absolute atomic E-state index is 0.256. The number of ether oxygens (including phenoxy) is 2. The van der Waals surface area contributed by atoms with Gasteiger partial charge in [0, 0.05) is 16.8 Å². The van der Waals surface area contributed by atoms with Crippen molar-refractivity contribution < 1.29 is 18.7 Å². The first-order valence-electron chi connectivity index (χ1n) is 8.88. The Bertz CT molecular complexity index is 1210. The van der Waals surface area contributed by atoms with Gasteiger partial charge in [0.25, 0.3) is 5.91 Å². The van der Waals surface area contributed by atoms with E-state index < -0.39 is 0 Å². The van der Waals surface area contributed by atoms with Crippen LogP contribution in [-0.2, 0) is 0 Å². The Balaban J connectivity index is 1.58. The molecular formula is C22H16Cl2N2O4. The van der Waals surface area contributed by atoms with Gasteiger partial charge in [-0.15, -0.1) is 0 Å². The Morgan fingerprint density at radius 3 is 2.30 bits per heavy atom. The summed E-state index contributed by atoms with van der Waals surface area (Å²) < 4.78 is 16.1. The highest BCUT2D eigenvalue weighted by Gasteiger charge is 2.15. The van der Waals surface area contributed by atoms with Gasteiger partial charge < -0.3 is 19.2 Å². The molecule has 1 heterocycles. The average Bonchev–Trinajstić information content (AvgIpc) is 3.17. The lowest BCUT2D eigenvalue weighted by Crippen LogP contribution is -2.12. The number of methoxy groups -OCH3 is 2. The maximum atomic E-state index is 12.6. The van der Waals surface area contributed by atoms with E-state index in [0.29, 0.717) is 34.0 Å². The van der Waals surface area contributed by atoms with Crippen LogP contribution in [0.3, 0.4) is 0 Å². The number of fused-ring (bicyclic) bond motifs is 1. The predicted octanol–water partition coefficient (Wildman–Crippen LogP) is 6.07. The summed E-state index contributed by atoms with van der Waals surface area (Å²) in [7, 11) is 3.07. The van der Waals surface area contributed by atoms with Gasteiger partial charge in [-0.05, 0) is 54.6 Å². The molecule has 1 amide bonds. The molecule has 1 aromatic heterocycles. The van der Waals surface area contributed by atoms with E-state index in [9.17, 15) is 4.79 Å². The first kappa shape index (κ1) is 20.1. The number of oxazole rings is 1. The van der Waals surface area contributed by atoms with Gasteiger partial charge in [-0.2, -0.15) is 0 Å². The Hall–Kier alpha value is -3.22. The Kier molecular flexibility index (Phi) is 5.53. The monoisotopic (exact) mass is 442 g/mol. The van der Waals surface area contributed by atoms with E-state index in [4.69, 9.17) is 37.1 Å². The molecule has 0 aliphatic carbocycles. The normalized spacial score (nSPS) is 10.8. The lowest BCUT2D eigenvalue weighted by molar-refractivity contribution is 0.102. The summed E-state index contributed by atoms with van der Waals surface area (Å²) in [6, 6.07) is 15.6. The summed E-state index contributed by atoms with van der Waals surface area (Å²) in [6.45, 7) is 0. The topological polar surface area (TPSA) is 73.6 Å². The van der Waals surface area contributed by atoms with Crippen LogP contribution in [0.5, 0.6) is 11.5 Å². The third-order valence-electron chi connectivity index (χ3n) is 4.45. The summed E-state index contributed by atoms with van der Waals surface area (Å²) in [6.07, 6.45) is 0. The van der Waals surface area contributed by atoms with Gasteiger partial charge in [0.15, 0.2) is 11.3 Å². The molecule has 8 heteroatoms. The van der Waals surface area contributed by atoms with Crippen molar-refractivity contribution in [3.8, 4) is 23.0 Å². The summed E-state index contributed by atoms with van der Waals surface area (Å²) in [5.74, 6) is 1.19. The molecule has 0 aliphatic rings. The van der Waals surface area contributed by atoms with Crippen LogP contribution < -0.4 is 14.8 Å². The van der Waals surface area contributed by atoms with Crippen molar-refractivity contribution in [3.05, 3.63) is 70.2 Å². The zero-order valence-corrected chi connectivity index (χ0v) is 17.5. The van der Waals surface area contributed by atoms with Crippen molar-refractivity contribution in [2.45, 2.75) is 0 Å². The molecule has 0 atom stereocenters. The molecular weight excluding hydrogens is 427 g/mol. The van der Waals surface area contributed by atoms with Gasteiger partial charge >= 0.3 is 0 Å². The SMILES string of the molecule is COc1ccc(-c2nc3cc(NC(=O)c4cc(Cl)c(OC)c(Cl)c4)ccc3o2)cc1. The van der Waals surface area contributed by atoms with E-state index in [1.165, 1.54) is 19.2 Å². The summed E-state index contributed by atoms with van der Waals surface area (Å²) in [5, 5.41) is 3.32. The van der Waals surface area contributed by atoms with Crippen LogP contribution in [0.1, 0.15) is 10.4 Å². The third-order valence-corrected chi connectivity index (χ3v) is 5.01. The van der Waals surface area contributed by atoms with Crippen LogP contribution in [0, 0.1) is 0 Å². The van der Waals surface area contributed by atoms with Crippen molar-refractivity contribution in [2.75, 3.05) is 19.5 Å². The predicted molar refractivity (Wildman–Crippen MR) is 117 cm³/mol. The molecule has 1 N–H and O–H groups in total. The fourth-order valence-electron chi connectivity index (χ4n) is 2.95. The quantitative estimate of drug-likeness (QED) is 0.405. The van der Waals surface area contributed by atoms with Gasteiger partial charge in [0.1, 0.15) is 11.3 Å². The van der Waals surface area contributed by atoms with Crippen LogP contribution in [0.4, 0.5) is 5.69 Å². The number of carbonyl (C=O) groups is 1. The van der Waals surface area contributed by atoms with Crippen LogP contribution in [0.25, 0.3) is 22.6 Å². The molecule has 30 heavy (non-hydrogen) atoms. The van der Waals surface area contributed by atoms with Gasteiger partial charge in [-0.25, -0.2) is 4.98 Å². The number of anilines is 1. The zero-order chi connectivity index (χ0) is 21.3. The van der Waals surface area contributed by atoms with E-state index in [0.717, 1.165) is 11.3 Å². The maximum absolute atomic E-state index is 12.6. The highest BCUT2D eigenvalue weighted by atomic mass is 35.5. The van der Waals surface area contributed by atoms with Crippen molar-refractivity contribution in [1.29, 1.82) is 0 Å². The largest absolute Gasteiger partial charge is 0.497 e. The molecule has 152 valence electrons. The third kappa shape index (κ3) is 3.92. The number of aromatic nitrogens is 1. The number of rotatable bonds is 5. The Morgan fingerprint density at radius 2 is 1.67 bits per heavy atom. The lowest BCUT2D eigenvalue weighted by Gasteiger charge is -2.09. The zero-order valence-electron chi connectivity index (χ0n) is 16.0. The minimum atomic E-state index is -0.361. The molecule has 0 radical (unpaired) electrons. The fraction of sp³-hybridized carbons (Fsp3) is 0.0909. The highest BCUT2D eigenvalue weighted by molar-refractivity contribution is 6.37. The first-order chi connectivity index (χ1) is 14.5. The molecule has 0 unspecified atom stereocenters. The summed E-state index contributed by atoms with van der Waals surface area (Å²) in [5.41, 5.74) is 2.91. The molecule has 0 aliphatic heterocycles. The van der Waals surface area contributed by atoms with Gasteiger partial charge in [-0.1, -0.05) is 23.2 Å². The van der Waals surface area contributed by atoms with E-state index in [1.807, 2.05) is 24.3 Å². The number of carbonyl (C=O) groups excluding carboxylic acids is 1. The molecule has 0 saturated carbocycles. The second-order valence-electron chi connectivity index (χ2n) is 6.36. The number of hydrogen-bond donors (Lipinski definition) is 1. The molecule has 0 bridgehead atoms. The number of nitrogens with zero attached hydrogens (tertiary/aromatic N) is 1. The number of benzene rings is 3. The number of halogens is 2. The molecule has 0 saturated heterocycles. The molecule has 4 aromatic rings. The molecule has 0 spiro atoms. The van der Waals surface area contributed by atoms with E-state index in [2.05, 4.69) is 10.3 Å². The average molecular weight is 443 g/mol. The Labute approximate surface area is 182 Å². The van der Waals surface area contributed by atoms with Crippen LogP contribution in [0.2, 0.25) is 10.0 Å². The van der Waals surface area contributed by atoms with Gasteiger partial charge in [-0.3, -0.25) is 4.79 Å². The van der Waals surface area contributed by atoms with Crippen molar-refractivity contribution in [2.24, 2.45) is 0 Å². The second-order valence-corrected chi connectivity index (χ2v) is 7.17. The standard InChI is InChI=1S/C22H16Cl2N2O4/c1-28-15-6-3-12(4-7-15)22-26-18-11-14(5-8-19(18)30-22)25-21(27)13-9-16(23)20(29-2)17(24)10-13/h3-11H,1-2H3,(H,25,27).